The predicted molar refractivity (Wildman–Crippen MR) is 80.3 cm³/mol. The Bertz CT molecular complexity index is 892. The number of amides is 3. The molecule has 3 heterocycles. The van der Waals surface area contributed by atoms with Crippen molar-refractivity contribution in [3.63, 3.8) is 0 Å². The predicted octanol–water partition coefficient (Wildman–Crippen LogP) is 3.33. The van der Waals surface area contributed by atoms with Crippen LogP contribution in [0.1, 0.15) is 25.0 Å². The topological polar surface area (TPSA) is 53.8 Å². The van der Waals surface area contributed by atoms with Crippen LogP contribution in [-0.4, -0.2) is 22.9 Å². The molecule has 1 unspecified atom stereocenters. The van der Waals surface area contributed by atoms with Crippen LogP contribution < -0.4 is 4.90 Å². The zero-order chi connectivity index (χ0) is 15.0. The summed E-state index contributed by atoms with van der Waals surface area (Å²) in [6, 6.07) is 7.45. The molecule has 0 N–H and O–H groups in total. The third-order valence-corrected chi connectivity index (χ3v) is 4.97. The summed E-state index contributed by atoms with van der Waals surface area (Å²) in [5.74, 6) is 0.402. The number of nitrogens with zero attached hydrogens (tertiary/aromatic N) is 2. The number of urea groups is 1. The minimum atomic E-state index is -0.227. The summed E-state index contributed by atoms with van der Waals surface area (Å²) in [7, 11) is 0. The van der Waals surface area contributed by atoms with Crippen molar-refractivity contribution in [1.82, 2.24) is 4.90 Å². The lowest BCUT2D eigenvalue weighted by atomic mass is 10.1. The van der Waals surface area contributed by atoms with Gasteiger partial charge in [-0.25, -0.2) is 9.69 Å². The van der Waals surface area contributed by atoms with Crippen LogP contribution in [0.25, 0.3) is 11.0 Å². The first-order chi connectivity index (χ1) is 10.7. The van der Waals surface area contributed by atoms with E-state index < -0.39 is 0 Å². The Balaban J connectivity index is 1.73. The van der Waals surface area contributed by atoms with Crippen LogP contribution in [0, 0.1) is 6.92 Å². The number of carbonyl (C=O) groups excluding carboxylic acids is 2. The van der Waals surface area contributed by atoms with E-state index in [2.05, 4.69) is 0 Å². The van der Waals surface area contributed by atoms with E-state index in [9.17, 15) is 9.59 Å². The molecule has 1 aromatic carbocycles. The summed E-state index contributed by atoms with van der Waals surface area (Å²) in [6.45, 7) is 1.80. The quantitative estimate of drug-likeness (QED) is 0.758. The van der Waals surface area contributed by atoms with Crippen LogP contribution in [-0.2, 0) is 4.79 Å². The first-order valence-corrected chi connectivity index (χ1v) is 7.54. The van der Waals surface area contributed by atoms with E-state index in [0.717, 1.165) is 30.2 Å². The molecule has 22 heavy (non-hydrogen) atoms. The molecule has 5 rings (SSSR count). The fraction of sp³-hybridized carbons (Fsp3) is 0.294. The minimum Gasteiger partial charge on any atom is -0.459 e. The Hall–Kier alpha value is -2.56. The monoisotopic (exact) mass is 294 g/mol. The summed E-state index contributed by atoms with van der Waals surface area (Å²) in [5, 5.41) is 0.806. The van der Waals surface area contributed by atoms with Gasteiger partial charge in [0.15, 0.2) is 0 Å². The van der Waals surface area contributed by atoms with Gasteiger partial charge in [-0.15, -0.1) is 0 Å². The van der Waals surface area contributed by atoms with Crippen LogP contribution in [0.2, 0.25) is 0 Å². The standard InChI is InChI=1S/C17H14N2O3/c1-9-14(12-4-2-3-5-13(12)22-9)19-16(20)15-10-6-7-11(8-10)18(15)17(19)21/h2-5,11H,6-8H2,1H3. The van der Waals surface area contributed by atoms with Crippen molar-refractivity contribution >= 4 is 28.6 Å². The van der Waals surface area contributed by atoms with E-state index in [-0.39, 0.29) is 18.0 Å². The summed E-state index contributed by atoms with van der Waals surface area (Å²) >= 11 is 0. The Labute approximate surface area is 126 Å². The molecule has 2 aromatic rings. The normalized spacial score (nSPS) is 23.4. The van der Waals surface area contributed by atoms with Gasteiger partial charge >= 0.3 is 6.03 Å². The van der Waals surface area contributed by atoms with Crippen LogP contribution in [0.15, 0.2) is 40.0 Å². The first kappa shape index (κ1) is 12.0. The molecule has 3 amide bonds. The van der Waals surface area contributed by atoms with Gasteiger partial charge in [-0.1, -0.05) is 12.1 Å². The molecule has 2 fully saturated rings. The molecule has 5 heteroatoms. The highest BCUT2D eigenvalue weighted by Crippen LogP contribution is 2.47. The first-order valence-electron chi connectivity index (χ1n) is 7.54. The number of rotatable bonds is 1. The smallest absolute Gasteiger partial charge is 0.336 e. The van der Waals surface area contributed by atoms with Crippen molar-refractivity contribution in [2.75, 3.05) is 4.90 Å². The van der Waals surface area contributed by atoms with E-state index >= 15 is 0 Å². The number of fused-ring (bicyclic) bond motifs is 5. The third kappa shape index (κ3) is 1.25. The Morgan fingerprint density at radius 2 is 2.05 bits per heavy atom. The Morgan fingerprint density at radius 1 is 1.23 bits per heavy atom. The maximum Gasteiger partial charge on any atom is 0.336 e. The Morgan fingerprint density at radius 3 is 2.86 bits per heavy atom. The third-order valence-electron chi connectivity index (χ3n) is 4.97. The number of para-hydroxylation sites is 1. The zero-order valence-electron chi connectivity index (χ0n) is 12.1. The van der Waals surface area contributed by atoms with Crippen molar-refractivity contribution in [2.24, 2.45) is 0 Å². The van der Waals surface area contributed by atoms with Crippen molar-refractivity contribution in [3.8, 4) is 0 Å². The number of anilines is 1. The molecule has 0 spiro atoms. The van der Waals surface area contributed by atoms with E-state index in [1.165, 1.54) is 4.90 Å². The lowest BCUT2D eigenvalue weighted by molar-refractivity contribution is -0.114. The van der Waals surface area contributed by atoms with Crippen molar-refractivity contribution < 1.29 is 14.0 Å². The second-order valence-corrected chi connectivity index (χ2v) is 6.14. The van der Waals surface area contributed by atoms with Gasteiger partial charge in [0.05, 0.1) is 0 Å². The molecule has 1 aliphatic carbocycles. The average Bonchev–Trinajstić information content (AvgIpc) is 3.23. The molecular weight excluding hydrogens is 280 g/mol. The van der Waals surface area contributed by atoms with Gasteiger partial charge in [0.2, 0.25) is 0 Å². The van der Waals surface area contributed by atoms with E-state index in [0.29, 0.717) is 22.7 Å². The van der Waals surface area contributed by atoms with Gasteiger partial charge in [0.1, 0.15) is 22.7 Å². The van der Waals surface area contributed by atoms with E-state index in [1.807, 2.05) is 24.3 Å². The highest BCUT2D eigenvalue weighted by Gasteiger charge is 2.53. The lowest BCUT2D eigenvalue weighted by Crippen LogP contribution is -2.37. The summed E-state index contributed by atoms with van der Waals surface area (Å²) < 4.78 is 5.72. The molecule has 110 valence electrons. The molecule has 0 radical (unpaired) electrons. The average molecular weight is 294 g/mol. The second kappa shape index (κ2) is 3.80. The Kier molecular flexibility index (Phi) is 2.08. The number of hydrogen-bond acceptors (Lipinski definition) is 3. The second-order valence-electron chi connectivity index (χ2n) is 6.14. The number of aryl methyl sites for hydroxylation is 1. The molecule has 2 aliphatic heterocycles. The maximum absolute atomic E-state index is 12.8. The van der Waals surface area contributed by atoms with Crippen LogP contribution in [0.3, 0.4) is 0 Å². The van der Waals surface area contributed by atoms with Crippen molar-refractivity contribution in [3.05, 3.63) is 41.3 Å². The number of hydrogen-bond donors (Lipinski definition) is 0. The van der Waals surface area contributed by atoms with Gasteiger partial charge in [0, 0.05) is 11.4 Å². The molecule has 5 nitrogen and oxygen atoms in total. The fourth-order valence-corrected chi connectivity index (χ4v) is 4.05. The molecule has 1 saturated carbocycles. The van der Waals surface area contributed by atoms with Crippen LogP contribution in [0.5, 0.6) is 0 Å². The summed E-state index contributed by atoms with van der Waals surface area (Å²) in [5.41, 5.74) is 3.04. The molecule has 1 aromatic heterocycles. The fourth-order valence-electron chi connectivity index (χ4n) is 4.05. The van der Waals surface area contributed by atoms with Gasteiger partial charge in [0.25, 0.3) is 5.91 Å². The van der Waals surface area contributed by atoms with E-state index in [4.69, 9.17) is 4.42 Å². The molecule has 1 saturated heterocycles. The lowest BCUT2D eigenvalue weighted by Gasteiger charge is -2.21. The maximum atomic E-state index is 12.8. The highest BCUT2D eigenvalue weighted by molar-refractivity contribution is 6.30. The number of carbonyl (C=O) groups is 2. The highest BCUT2D eigenvalue weighted by atomic mass is 16.3. The summed E-state index contributed by atoms with van der Waals surface area (Å²) in [6.07, 6.45) is 2.77. The number of imide groups is 1. The van der Waals surface area contributed by atoms with Gasteiger partial charge < -0.3 is 4.42 Å². The van der Waals surface area contributed by atoms with Crippen LogP contribution >= 0.6 is 0 Å². The molecule has 3 aliphatic rings. The van der Waals surface area contributed by atoms with Gasteiger partial charge in [-0.2, -0.15) is 0 Å². The zero-order valence-corrected chi connectivity index (χ0v) is 12.1. The van der Waals surface area contributed by atoms with Crippen LogP contribution in [0.4, 0.5) is 10.5 Å². The molecular formula is C17H14N2O3. The molecule has 2 bridgehead atoms. The number of benzene rings is 1. The van der Waals surface area contributed by atoms with Gasteiger partial charge in [-0.05, 0) is 43.9 Å². The van der Waals surface area contributed by atoms with Crippen molar-refractivity contribution in [1.29, 1.82) is 0 Å². The SMILES string of the molecule is Cc1oc2ccccc2c1N1C(=O)C2=C3CCC(C3)N2C1=O. The minimum absolute atomic E-state index is 0.171. The summed E-state index contributed by atoms with van der Waals surface area (Å²) in [4.78, 5) is 28.7. The molecule has 1 atom stereocenters. The van der Waals surface area contributed by atoms with Gasteiger partial charge in [-0.3, -0.25) is 9.69 Å². The van der Waals surface area contributed by atoms with Crippen molar-refractivity contribution in [2.45, 2.75) is 32.2 Å². The van der Waals surface area contributed by atoms with E-state index in [1.54, 1.807) is 11.8 Å². The number of furan rings is 1. The largest absolute Gasteiger partial charge is 0.459 e.